The van der Waals surface area contributed by atoms with E-state index < -0.39 is 0 Å². The van der Waals surface area contributed by atoms with Crippen molar-refractivity contribution in [2.24, 2.45) is 0 Å². The molecule has 0 atom stereocenters. The van der Waals surface area contributed by atoms with Gasteiger partial charge in [0.05, 0.1) is 31.2 Å². The molecule has 0 aliphatic carbocycles. The molecule has 0 amide bonds. The van der Waals surface area contributed by atoms with Crippen molar-refractivity contribution in [1.82, 2.24) is 19.9 Å². The van der Waals surface area contributed by atoms with E-state index in [9.17, 15) is 0 Å². The average Bonchev–Trinajstić information content (AvgIpc) is 2.41. The molecule has 0 spiro atoms. The predicted molar refractivity (Wildman–Crippen MR) is 76.0 cm³/mol. The van der Waals surface area contributed by atoms with Crippen molar-refractivity contribution in [1.29, 1.82) is 0 Å². The van der Waals surface area contributed by atoms with Crippen LogP contribution in [0.25, 0.3) is 11.2 Å². The van der Waals surface area contributed by atoms with Gasteiger partial charge in [-0.1, -0.05) is 11.6 Å². The van der Waals surface area contributed by atoms with Crippen LogP contribution in [0.2, 0.25) is 5.15 Å². The zero-order valence-electron chi connectivity index (χ0n) is 11.4. The molecule has 0 saturated heterocycles. The first-order valence-corrected chi connectivity index (χ1v) is 6.60. The first-order chi connectivity index (χ1) is 9.61. The monoisotopic (exact) mass is 297 g/mol. The molecule has 2 aromatic heterocycles. The number of nitrogens with one attached hydrogen (secondary N) is 1. The normalized spacial score (nSPS) is 11.0. The van der Waals surface area contributed by atoms with Gasteiger partial charge < -0.3 is 15.2 Å². The van der Waals surface area contributed by atoms with Crippen molar-refractivity contribution in [2.45, 2.75) is 13.8 Å². The van der Waals surface area contributed by atoms with Crippen molar-refractivity contribution >= 4 is 28.7 Å². The fourth-order valence-electron chi connectivity index (χ4n) is 1.56. The second-order valence-electron chi connectivity index (χ2n) is 4.17. The third kappa shape index (κ3) is 3.50. The predicted octanol–water partition coefficient (Wildman–Crippen LogP) is 1.11. The van der Waals surface area contributed by atoms with Crippen LogP contribution in [0.1, 0.15) is 11.4 Å². The van der Waals surface area contributed by atoms with Crippen LogP contribution in [0.3, 0.4) is 0 Å². The zero-order chi connectivity index (χ0) is 14.5. The van der Waals surface area contributed by atoms with Crippen LogP contribution in [0, 0.1) is 13.8 Å². The van der Waals surface area contributed by atoms with E-state index in [0.717, 1.165) is 11.4 Å². The van der Waals surface area contributed by atoms with E-state index in [1.165, 1.54) is 0 Å². The molecule has 0 aliphatic heterocycles. The van der Waals surface area contributed by atoms with Gasteiger partial charge >= 0.3 is 0 Å². The number of nitrogens with zero attached hydrogens (tertiary/aromatic N) is 4. The Balaban J connectivity index is 2.13. The summed E-state index contributed by atoms with van der Waals surface area (Å²) in [6.07, 6.45) is 0. The molecule has 0 fully saturated rings. The van der Waals surface area contributed by atoms with Crippen molar-refractivity contribution in [3.8, 4) is 0 Å². The van der Waals surface area contributed by atoms with Gasteiger partial charge in [-0.05, 0) is 13.8 Å². The SMILES string of the molecule is Cc1nc2nc(NCCOCCO)nc(Cl)c2nc1C. The maximum atomic E-state index is 8.58. The van der Waals surface area contributed by atoms with Crippen molar-refractivity contribution in [3.63, 3.8) is 0 Å². The van der Waals surface area contributed by atoms with Crippen LogP contribution >= 0.6 is 11.6 Å². The fraction of sp³-hybridized carbons (Fsp3) is 0.500. The van der Waals surface area contributed by atoms with Crippen LogP contribution in [-0.4, -0.2) is 51.4 Å². The summed E-state index contributed by atoms with van der Waals surface area (Å²) >= 11 is 6.09. The summed E-state index contributed by atoms with van der Waals surface area (Å²) in [7, 11) is 0. The number of aliphatic hydroxyl groups is 1. The molecule has 0 bridgehead atoms. The minimum absolute atomic E-state index is 0.00647. The number of ether oxygens (including phenoxy) is 1. The Morgan fingerprint density at radius 1 is 1.10 bits per heavy atom. The molecular weight excluding hydrogens is 282 g/mol. The number of hydrogen-bond acceptors (Lipinski definition) is 7. The van der Waals surface area contributed by atoms with E-state index in [-0.39, 0.29) is 11.8 Å². The van der Waals surface area contributed by atoms with Gasteiger partial charge in [-0.3, -0.25) is 0 Å². The Hall–Kier alpha value is -1.57. The van der Waals surface area contributed by atoms with Crippen LogP contribution in [0.4, 0.5) is 5.95 Å². The molecule has 108 valence electrons. The number of rotatable bonds is 6. The van der Waals surface area contributed by atoms with Gasteiger partial charge in [-0.15, -0.1) is 0 Å². The smallest absolute Gasteiger partial charge is 0.226 e. The van der Waals surface area contributed by atoms with E-state index in [4.69, 9.17) is 21.4 Å². The number of aromatic nitrogens is 4. The van der Waals surface area contributed by atoms with E-state index in [0.29, 0.717) is 36.9 Å². The van der Waals surface area contributed by atoms with Gasteiger partial charge in [0, 0.05) is 6.54 Å². The summed E-state index contributed by atoms with van der Waals surface area (Å²) in [6, 6.07) is 0. The average molecular weight is 298 g/mol. The number of anilines is 1. The van der Waals surface area contributed by atoms with Crippen molar-refractivity contribution in [2.75, 3.05) is 31.7 Å². The molecule has 0 aliphatic rings. The van der Waals surface area contributed by atoms with Crippen LogP contribution in [0.15, 0.2) is 0 Å². The molecule has 0 unspecified atom stereocenters. The molecule has 7 nitrogen and oxygen atoms in total. The number of aliphatic hydroxyl groups excluding tert-OH is 1. The molecule has 2 aromatic rings. The lowest BCUT2D eigenvalue weighted by Gasteiger charge is -2.08. The summed E-state index contributed by atoms with van der Waals surface area (Å²) < 4.78 is 5.13. The first-order valence-electron chi connectivity index (χ1n) is 6.22. The van der Waals surface area contributed by atoms with E-state index >= 15 is 0 Å². The molecule has 2 rings (SSSR count). The lowest BCUT2D eigenvalue weighted by atomic mass is 10.3. The Bertz CT molecular complexity index is 608. The molecule has 8 heteroatoms. The lowest BCUT2D eigenvalue weighted by Crippen LogP contribution is -2.13. The van der Waals surface area contributed by atoms with E-state index in [1.807, 2.05) is 13.8 Å². The van der Waals surface area contributed by atoms with Gasteiger partial charge in [0.1, 0.15) is 5.52 Å². The number of fused-ring (bicyclic) bond motifs is 1. The molecule has 0 radical (unpaired) electrons. The summed E-state index contributed by atoms with van der Waals surface area (Å²) in [6.45, 7) is 5.01. The van der Waals surface area contributed by atoms with E-state index in [1.54, 1.807) is 0 Å². The van der Waals surface area contributed by atoms with Crippen molar-refractivity contribution < 1.29 is 9.84 Å². The second-order valence-corrected chi connectivity index (χ2v) is 4.53. The largest absolute Gasteiger partial charge is 0.394 e. The Morgan fingerprint density at radius 3 is 2.60 bits per heavy atom. The van der Waals surface area contributed by atoms with Crippen LogP contribution in [0.5, 0.6) is 0 Å². The zero-order valence-corrected chi connectivity index (χ0v) is 12.1. The van der Waals surface area contributed by atoms with Crippen molar-refractivity contribution in [3.05, 3.63) is 16.5 Å². The quantitative estimate of drug-likeness (QED) is 0.609. The summed E-state index contributed by atoms with van der Waals surface area (Å²) in [5, 5.41) is 11.8. The fourth-order valence-corrected chi connectivity index (χ4v) is 1.77. The molecule has 2 N–H and O–H groups in total. The molecule has 20 heavy (non-hydrogen) atoms. The van der Waals surface area contributed by atoms with Gasteiger partial charge in [-0.25, -0.2) is 9.97 Å². The second kappa shape index (κ2) is 6.74. The Labute approximate surface area is 121 Å². The first kappa shape index (κ1) is 14.8. The molecular formula is C12H16ClN5O2. The summed E-state index contributed by atoms with van der Waals surface area (Å²) in [5.74, 6) is 0.382. The topological polar surface area (TPSA) is 93.1 Å². The van der Waals surface area contributed by atoms with Gasteiger partial charge in [0.25, 0.3) is 0 Å². The number of halogens is 1. The summed E-state index contributed by atoms with van der Waals surface area (Å²) in [5.41, 5.74) is 2.58. The van der Waals surface area contributed by atoms with Gasteiger partial charge in [0.2, 0.25) is 5.95 Å². The molecule has 2 heterocycles. The minimum atomic E-state index is 0.00647. The maximum Gasteiger partial charge on any atom is 0.226 e. The summed E-state index contributed by atoms with van der Waals surface area (Å²) in [4.78, 5) is 17.1. The maximum absolute atomic E-state index is 8.58. The van der Waals surface area contributed by atoms with Gasteiger partial charge in [0.15, 0.2) is 10.8 Å². The molecule has 0 saturated carbocycles. The minimum Gasteiger partial charge on any atom is -0.394 e. The molecule has 0 aromatic carbocycles. The Kier molecular flexibility index (Phi) is 4.99. The third-order valence-corrected chi connectivity index (χ3v) is 2.93. The highest BCUT2D eigenvalue weighted by atomic mass is 35.5. The van der Waals surface area contributed by atoms with E-state index in [2.05, 4.69) is 25.3 Å². The highest BCUT2D eigenvalue weighted by Crippen LogP contribution is 2.19. The third-order valence-electron chi connectivity index (χ3n) is 2.66. The number of aryl methyl sites for hydroxylation is 2. The number of hydrogen-bond donors (Lipinski definition) is 2. The highest BCUT2D eigenvalue weighted by Gasteiger charge is 2.10. The standard InChI is InChI=1S/C12H16ClN5O2/c1-7-8(2)16-11-9(15-7)10(13)17-12(18-11)14-3-5-20-6-4-19/h19H,3-6H2,1-2H3,(H,14,16,17,18). The van der Waals surface area contributed by atoms with Crippen LogP contribution in [-0.2, 0) is 4.74 Å². The Morgan fingerprint density at radius 2 is 1.85 bits per heavy atom. The van der Waals surface area contributed by atoms with Crippen LogP contribution < -0.4 is 5.32 Å². The van der Waals surface area contributed by atoms with Gasteiger partial charge in [-0.2, -0.15) is 9.97 Å². The lowest BCUT2D eigenvalue weighted by molar-refractivity contribution is 0.0991. The highest BCUT2D eigenvalue weighted by molar-refractivity contribution is 6.33.